The third-order valence-corrected chi connectivity index (χ3v) is 5.72. The summed E-state index contributed by atoms with van der Waals surface area (Å²) in [5.41, 5.74) is 4.03. The Kier molecular flexibility index (Phi) is 6.47. The molecule has 3 rings (SSSR count). The van der Waals surface area contributed by atoms with E-state index < -0.39 is 0 Å². The van der Waals surface area contributed by atoms with E-state index in [1.165, 1.54) is 11.1 Å². The topological polar surface area (TPSA) is 43.6 Å². The number of amides is 1. The summed E-state index contributed by atoms with van der Waals surface area (Å²) >= 11 is 1.54. The minimum Gasteiger partial charge on any atom is -0.494 e. The maximum absolute atomic E-state index is 12.7. The smallest absolute Gasteiger partial charge is 0.279 e. The summed E-state index contributed by atoms with van der Waals surface area (Å²) in [4.78, 5) is 17.8. The summed E-state index contributed by atoms with van der Waals surface area (Å²) in [6.45, 7) is 11.4. The Hall–Kier alpha value is -2.66. The second kappa shape index (κ2) is 9.02. The highest BCUT2D eigenvalue weighted by Crippen LogP contribution is 2.23. The standard InChI is InChI=1S/C23H26N2O2S/c1-5-7-13-27-19-10-8-18(9-11-19)22(26)24-23-25(12-6-2)20-15-16(3)14-17(4)21(20)28-23/h6,8-11,14-15H,2,5,7,12-13H2,1,3-4H3. The number of hydrogen-bond acceptors (Lipinski definition) is 3. The Morgan fingerprint density at radius 2 is 2.00 bits per heavy atom. The van der Waals surface area contributed by atoms with E-state index in [1.807, 2.05) is 22.8 Å². The fraction of sp³-hybridized carbons (Fsp3) is 0.304. The molecule has 28 heavy (non-hydrogen) atoms. The number of rotatable bonds is 7. The molecule has 3 aromatic rings. The van der Waals surface area contributed by atoms with Gasteiger partial charge in [-0.3, -0.25) is 4.79 Å². The van der Waals surface area contributed by atoms with Crippen LogP contribution in [0.4, 0.5) is 0 Å². The molecule has 0 atom stereocenters. The van der Waals surface area contributed by atoms with E-state index in [9.17, 15) is 4.79 Å². The lowest BCUT2D eigenvalue weighted by molar-refractivity contribution is 0.0998. The van der Waals surface area contributed by atoms with Crippen molar-refractivity contribution in [3.63, 3.8) is 0 Å². The first-order chi connectivity index (χ1) is 13.5. The fourth-order valence-corrected chi connectivity index (χ4v) is 4.17. The van der Waals surface area contributed by atoms with E-state index in [-0.39, 0.29) is 5.91 Å². The molecule has 0 aliphatic carbocycles. The highest BCUT2D eigenvalue weighted by molar-refractivity contribution is 7.16. The molecule has 5 heteroatoms. The van der Waals surface area contributed by atoms with Crippen LogP contribution in [-0.4, -0.2) is 17.1 Å². The molecule has 4 nitrogen and oxygen atoms in total. The molecule has 2 aromatic carbocycles. The summed E-state index contributed by atoms with van der Waals surface area (Å²) in [6, 6.07) is 11.5. The number of carbonyl (C=O) groups is 1. The molecule has 0 unspecified atom stereocenters. The third-order valence-electron chi connectivity index (χ3n) is 4.49. The first-order valence-corrected chi connectivity index (χ1v) is 10.4. The molecule has 0 N–H and O–H groups in total. The van der Waals surface area contributed by atoms with Gasteiger partial charge in [0.2, 0.25) is 0 Å². The number of unbranched alkanes of at least 4 members (excludes halogenated alkanes) is 1. The maximum atomic E-state index is 12.7. The number of benzene rings is 2. The molecule has 0 bridgehead atoms. The second-order valence-electron chi connectivity index (χ2n) is 6.86. The van der Waals surface area contributed by atoms with Crippen molar-refractivity contribution in [3.05, 3.63) is 70.5 Å². The number of ether oxygens (including phenoxy) is 1. The zero-order valence-electron chi connectivity index (χ0n) is 16.7. The molecule has 0 aliphatic rings. The summed E-state index contributed by atoms with van der Waals surface area (Å²) in [5, 5.41) is 0. The Morgan fingerprint density at radius 3 is 2.68 bits per heavy atom. The van der Waals surface area contributed by atoms with Crippen molar-refractivity contribution in [1.29, 1.82) is 0 Å². The van der Waals surface area contributed by atoms with Gasteiger partial charge in [-0.05, 0) is 61.7 Å². The molecule has 1 heterocycles. The minimum atomic E-state index is -0.251. The molecule has 0 radical (unpaired) electrons. The van der Waals surface area contributed by atoms with E-state index in [2.05, 4.69) is 44.5 Å². The molecule has 0 saturated heterocycles. The average molecular weight is 395 g/mol. The van der Waals surface area contributed by atoms with Gasteiger partial charge in [-0.2, -0.15) is 4.99 Å². The largest absolute Gasteiger partial charge is 0.494 e. The van der Waals surface area contributed by atoms with Crippen LogP contribution in [0.5, 0.6) is 5.75 Å². The van der Waals surface area contributed by atoms with Crippen molar-refractivity contribution >= 4 is 27.5 Å². The summed E-state index contributed by atoms with van der Waals surface area (Å²) in [7, 11) is 0. The highest BCUT2D eigenvalue weighted by atomic mass is 32.1. The van der Waals surface area contributed by atoms with Gasteiger partial charge < -0.3 is 9.30 Å². The molecule has 0 fully saturated rings. The van der Waals surface area contributed by atoms with Crippen molar-refractivity contribution in [1.82, 2.24) is 4.57 Å². The van der Waals surface area contributed by atoms with Crippen molar-refractivity contribution in [3.8, 4) is 5.75 Å². The lowest BCUT2D eigenvalue weighted by Gasteiger charge is -2.05. The van der Waals surface area contributed by atoms with Crippen LogP contribution in [0, 0.1) is 13.8 Å². The van der Waals surface area contributed by atoms with Crippen LogP contribution in [0.1, 0.15) is 41.3 Å². The van der Waals surface area contributed by atoms with Gasteiger partial charge in [-0.1, -0.05) is 36.8 Å². The molecular weight excluding hydrogens is 368 g/mol. The predicted octanol–water partition coefficient (Wildman–Crippen LogP) is 5.43. The number of hydrogen-bond donors (Lipinski definition) is 0. The first kappa shape index (κ1) is 20.1. The van der Waals surface area contributed by atoms with Crippen molar-refractivity contribution < 1.29 is 9.53 Å². The van der Waals surface area contributed by atoms with Gasteiger partial charge in [-0.15, -0.1) is 6.58 Å². The molecule has 146 valence electrons. The van der Waals surface area contributed by atoms with Gasteiger partial charge >= 0.3 is 0 Å². The zero-order chi connectivity index (χ0) is 20.1. The quantitative estimate of drug-likeness (QED) is 0.396. The molecular formula is C23H26N2O2S. The van der Waals surface area contributed by atoms with E-state index in [0.717, 1.165) is 28.8 Å². The maximum Gasteiger partial charge on any atom is 0.279 e. The Bertz CT molecular complexity index is 1060. The average Bonchev–Trinajstić information content (AvgIpc) is 3.00. The first-order valence-electron chi connectivity index (χ1n) is 9.57. The molecule has 0 spiro atoms. The molecule has 0 aliphatic heterocycles. The molecule has 1 amide bonds. The lowest BCUT2D eigenvalue weighted by atomic mass is 10.1. The van der Waals surface area contributed by atoms with E-state index in [1.54, 1.807) is 23.5 Å². The number of thiazole rings is 1. The number of allylic oxidation sites excluding steroid dienone is 1. The lowest BCUT2D eigenvalue weighted by Crippen LogP contribution is -2.16. The van der Waals surface area contributed by atoms with Crippen molar-refractivity contribution in [2.75, 3.05) is 6.61 Å². The minimum absolute atomic E-state index is 0.251. The SMILES string of the molecule is C=CCn1c(=NC(=O)c2ccc(OCCCC)cc2)sc2c(C)cc(C)cc21. The van der Waals surface area contributed by atoms with Gasteiger partial charge in [0.15, 0.2) is 4.80 Å². The van der Waals surface area contributed by atoms with Crippen LogP contribution in [0.3, 0.4) is 0 Å². The molecule has 1 aromatic heterocycles. The third kappa shape index (κ3) is 4.42. The van der Waals surface area contributed by atoms with Gasteiger partial charge in [0, 0.05) is 12.1 Å². The van der Waals surface area contributed by atoms with Crippen LogP contribution in [0.25, 0.3) is 10.2 Å². The Balaban J connectivity index is 1.95. The van der Waals surface area contributed by atoms with Crippen molar-refractivity contribution in [2.24, 2.45) is 4.99 Å². The second-order valence-corrected chi connectivity index (χ2v) is 7.83. The number of carbonyl (C=O) groups excluding carboxylic acids is 1. The molecule has 0 saturated carbocycles. The Morgan fingerprint density at radius 1 is 1.25 bits per heavy atom. The Labute approximate surface area is 169 Å². The number of aryl methyl sites for hydroxylation is 2. The summed E-state index contributed by atoms with van der Waals surface area (Å²) in [6.07, 6.45) is 3.94. The highest BCUT2D eigenvalue weighted by Gasteiger charge is 2.11. The monoisotopic (exact) mass is 394 g/mol. The van der Waals surface area contributed by atoms with Crippen LogP contribution < -0.4 is 9.54 Å². The summed E-state index contributed by atoms with van der Waals surface area (Å²) < 4.78 is 8.86. The fourth-order valence-electron chi connectivity index (χ4n) is 3.08. The zero-order valence-corrected chi connectivity index (χ0v) is 17.5. The predicted molar refractivity (Wildman–Crippen MR) is 116 cm³/mol. The van der Waals surface area contributed by atoms with Gasteiger partial charge in [0.25, 0.3) is 5.91 Å². The van der Waals surface area contributed by atoms with Gasteiger partial charge in [0.1, 0.15) is 5.75 Å². The van der Waals surface area contributed by atoms with E-state index in [4.69, 9.17) is 4.74 Å². The number of aromatic nitrogens is 1. The van der Waals surface area contributed by atoms with Crippen LogP contribution in [0.2, 0.25) is 0 Å². The summed E-state index contributed by atoms with van der Waals surface area (Å²) in [5.74, 6) is 0.526. The van der Waals surface area contributed by atoms with E-state index >= 15 is 0 Å². The van der Waals surface area contributed by atoms with Crippen LogP contribution in [0.15, 0.2) is 54.0 Å². The van der Waals surface area contributed by atoms with Gasteiger partial charge in [-0.25, -0.2) is 0 Å². The van der Waals surface area contributed by atoms with Crippen molar-refractivity contribution in [2.45, 2.75) is 40.2 Å². The van der Waals surface area contributed by atoms with Crippen LogP contribution in [-0.2, 0) is 6.54 Å². The van der Waals surface area contributed by atoms with Gasteiger partial charge in [0.05, 0.1) is 16.8 Å². The number of fused-ring (bicyclic) bond motifs is 1. The normalized spacial score (nSPS) is 11.8. The number of nitrogens with zero attached hydrogens (tertiary/aromatic N) is 2. The van der Waals surface area contributed by atoms with E-state index in [0.29, 0.717) is 23.5 Å². The van der Waals surface area contributed by atoms with Crippen LogP contribution >= 0.6 is 11.3 Å².